The second kappa shape index (κ2) is 9.30. The van der Waals surface area contributed by atoms with Crippen LogP contribution in [0, 0.1) is 0 Å². The highest BCUT2D eigenvalue weighted by Crippen LogP contribution is 2.17. The molecule has 1 aromatic carbocycles. The van der Waals surface area contributed by atoms with E-state index in [4.69, 9.17) is 0 Å². The van der Waals surface area contributed by atoms with E-state index in [0.717, 1.165) is 0 Å². The molecule has 0 amide bonds. The average Bonchev–Trinajstić information content (AvgIpc) is 2.87. The first-order valence-corrected chi connectivity index (χ1v) is 10.4. The summed E-state index contributed by atoms with van der Waals surface area (Å²) in [5.74, 6) is -0.0536. The molecule has 1 aliphatic rings. The normalized spacial score (nSPS) is 16.7. The van der Waals surface area contributed by atoms with E-state index in [1.165, 1.54) is 50.7 Å². The van der Waals surface area contributed by atoms with Crippen molar-refractivity contribution in [2.45, 2.75) is 62.8 Å². The molecule has 1 aliphatic carbocycles. The quantitative estimate of drug-likeness (QED) is 0.428. The van der Waals surface area contributed by atoms with Gasteiger partial charge >= 0.3 is 0 Å². The molecule has 0 atom stereocenters. The van der Waals surface area contributed by atoms with Gasteiger partial charge in [0.1, 0.15) is 0 Å². The lowest BCUT2D eigenvalue weighted by Crippen LogP contribution is -2.36. The van der Waals surface area contributed by atoms with Crippen molar-refractivity contribution in [3.63, 3.8) is 0 Å². The molecule has 1 fully saturated rings. The summed E-state index contributed by atoms with van der Waals surface area (Å²) >= 11 is 0. The monoisotopic (exact) mass is 352 g/mol. The average molecular weight is 353 g/mol. The Kier molecular flexibility index (Phi) is 7.40. The molecular weight excluding hydrogens is 324 g/mol. The Morgan fingerprint density at radius 2 is 1.83 bits per heavy atom. The van der Waals surface area contributed by atoms with Crippen molar-refractivity contribution >= 4 is 15.8 Å². The van der Waals surface area contributed by atoms with Crippen molar-refractivity contribution in [1.82, 2.24) is 10.0 Å². The van der Waals surface area contributed by atoms with Gasteiger partial charge in [-0.15, -0.1) is 0 Å². The Bertz CT molecular complexity index is 635. The van der Waals surface area contributed by atoms with Crippen molar-refractivity contribution in [2.24, 2.45) is 0 Å². The summed E-state index contributed by atoms with van der Waals surface area (Å²) in [5, 5.41) is 3.44. The predicted molar refractivity (Wildman–Crippen MR) is 95.7 cm³/mol. The molecule has 0 unspecified atom stereocenters. The van der Waals surface area contributed by atoms with E-state index in [9.17, 15) is 13.2 Å². The van der Waals surface area contributed by atoms with Gasteiger partial charge in [0.2, 0.25) is 10.0 Å². The summed E-state index contributed by atoms with van der Waals surface area (Å²) in [6.07, 6.45) is 7.82. The zero-order valence-corrected chi connectivity index (χ0v) is 15.2. The van der Waals surface area contributed by atoms with E-state index >= 15 is 0 Å². The summed E-state index contributed by atoms with van der Waals surface area (Å²) in [7, 11) is -3.58. The zero-order valence-electron chi connectivity index (χ0n) is 14.4. The first kappa shape index (κ1) is 19.1. The Balaban J connectivity index is 1.85. The van der Waals surface area contributed by atoms with E-state index < -0.39 is 10.0 Å². The van der Waals surface area contributed by atoms with E-state index in [2.05, 4.69) is 10.0 Å². The van der Waals surface area contributed by atoms with E-state index in [1.54, 1.807) is 19.1 Å². The number of carbonyl (C=O) groups is 1. The first-order chi connectivity index (χ1) is 11.5. The molecule has 6 heteroatoms. The van der Waals surface area contributed by atoms with Crippen LogP contribution in [-0.2, 0) is 10.0 Å². The number of hydrogen-bond donors (Lipinski definition) is 2. The fourth-order valence-electron chi connectivity index (χ4n) is 3.07. The van der Waals surface area contributed by atoms with Crippen molar-refractivity contribution in [3.05, 3.63) is 29.8 Å². The van der Waals surface area contributed by atoms with Crippen LogP contribution in [-0.4, -0.2) is 33.3 Å². The van der Waals surface area contributed by atoms with Gasteiger partial charge < -0.3 is 5.32 Å². The molecule has 0 saturated heterocycles. The fourth-order valence-corrected chi connectivity index (χ4v) is 4.15. The molecule has 1 aromatic rings. The molecule has 0 aliphatic heterocycles. The summed E-state index contributed by atoms with van der Waals surface area (Å²) in [4.78, 5) is 11.9. The molecule has 5 nitrogen and oxygen atoms in total. The van der Waals surface area contributed by atoms with Gasteiger partial charge in [0, 0.05) is 31.1 Å². The number of benzene rings is 1. The van der Waals surface area contributed by atoms with Crippen LogP contribution in [0.5, 0.6) is 0 Å². The second-order valence-electron chi connectivity index (χ2n) is 6.34. The highest BCUT2D eigenvalue weighted by molar-refractivity contribution is 7.89. The van der Waals surface area contributed by atoms with E-state index in [-0.39, 0.29) is 10.7 Å². The van der Waals surface area contributed by atoms with Crippen molar-refractivity contribution in [3.8, 4) is 0 Å². The van der Waals surface area contributed by atoms with Gasteiger partial charge in [-0.25, -0.2) is 13.1 Å². The molecule has 0 aromatic heterocycles. The number of rotatable bonds is 8. The van der Waals surface area contributed by atoms with Gasteiger partial charge in [0.15, 0.2) is 5.78 Å². The molecule has 0 spiro atoms. The molecule has 2 rings (SSSR count). The van der Waals surface area contributed by atoms with Crippen molar-refractivity contribution < 1.29 is 13.2 Å². The minimum Gasteiger partial charge on any atom is -0.313 e. The summed E-state index contributed by atoms with van der Waals surface area (Å²) < 4.78 is 27.3. The number of sulfonamides is 1. The van der Waals surface area contributed by atoms with Crippen LogP contribution in [0.3, 0.4) is 0 Å². The Labute approximate surface area is 145 Å². The number of hydrogen-bond acceptors (Lipinski definition) is 4. The molecule has 2 N–H and O–H groups in total. The van der Waals surface area contributed by atoms with Gasteiger partial charge in [0.05, 0.1) is 4.90 Å². The molecule has 0 bridgehead atoms. The van der Waals surface area contributed by atoms with Crippen LogP contribution in [0.4, 0.5) is 0 Å². The number of carbonyl (C=O) groups excluding carboxylic acids is 1. The lowest BCUT2D eigenvalue weighted by molar-refractivity contribution is 0.0988. The Hall–Kier alpha value is -1.24. The van der Waals surface area contributed by atoms with Gasteiger partial charge in [0.25, 0.3) is 0 Å². The summed E-state index contributed by atoms with van der Waals surface area (Å²) in [6, 6.07) is 6.74. The van der Waals surface area contributed by atoms with Crippen LogP contribution in [0.25, 0.3) is 0 Å². The van der Waals surface area contributed by atoms with Gasteiger partial charge in [-0.1, -0.05) is 44.7 Å². The lowest BCUT2D eigenvalue weighted by Gasteiger charge is -2.16. The molecule has 0 radical (unpaired) electrons. The minimum atomic E-state index is -3.58. The highest BCUT2D eigenvalue weighted by atomic mass is 32.2. The molecule has 1 saturated carbocycles. The summed E-state index contributed by atoms with van der Waals surface area (Å²) in [6.45, 7) is 2.74. The van der Waals surface area contributed by atoms with Crippen LogP contribution in [0.15, 0.2) is 29.2 Å². The standard InChI is InChI=1S/C18H28N2O3S/c1-2-18(21)15-8-7-11-17(14-15)24(22,23)20-13-12-19-16-9-5-3-4-6-10-16/h7-8,11,14,16,19-20H,2-6,9-10,12-13H2,1H3. The van der Waals surface area contributed by atoms with E-state index in [1.807, 2.05) is 0 Å². The Morgan fingerprint density at radius 3 is 2.50 bits per heavy atom. The van der Waals surface area contributed by atoms with Gasteiger partial charge in [-0.3, -0.25) is 4.79 Å². The topological polar surface area (TPSA) is 75.3 Å². The third-order valence-corrected chi connectivity index (χ3v) is 5.95. The smallest absolute Gasteiger partial charge is 0.240 e. The van der Waals surface area contributed by atoms with Crippen LogP contribution >= 0.6 is 0 Å². The van der Waals surface area contributed by atoms with Crippen molar-refractivity contribution in [1.29, 1.82) is 0 Å². The maximum absolute atomic E-state index is 12.4. The maximum Gasteiger partial charge on any atom is 0.240 e. The third-order valence-electron chi connectivity index (χ3n) is 4.49. The zero-order chi connectivity index (χ0) is 17.4. The largest absolute Gasteiger partial charge is 0.313 e. The molecular formula is C18H28N2O3S. The minimum absolute atomic E-state index is 0.0536. The lowest BCUT2D eigenvalue weighted by atomic mass is 10.1. The second-order valence-corrected chi connectivity index (χ2v) is 8.11. The van der Waals surface area contributed by atoms with Gasteiger partial charge in [-0.05, 0) is 25.0 Å². The van der Waals surface area contributed by atoms with Crippen LogP contribution in [0.1, 0.15) is 62.2 Å². The molecule has 24 heavy (non-hydrogen) atoms. The number of nitrogens with one attached hydrogen (secondary N) is 2. The molecule has 134 valence electrons. The number of Topliss-reactive ketones (excluding diaryl/α,β-unsaturated/α-hetero) is 1. The predicted octanol–water partition coefficient (Wildman–Crippen LogP) is 2.87. The van der Waals surface area contributed by atoms with Crippen LogP contribution in [0.2, 0.25) is 0 Å². The Morgan fingerprint density at radius 1 is 1.12 bits per heavy atom. The summed E-state index contributed by atoms with van der Waals surface area (Å²) in [5.41, 5.74) is 0.442. The maximum atomic E-state index is 12.4. The fraction of sp³-hybridized carbons (Fsp3) is 0.611. The highest BCUT2D eigenvalue weighted by Gasteiger charge is 2.16. The van der Waals surface area contributed by atoms with E-state index in [0.29, 0.717) is 31.1 Å². The van der Waals surface area contributed by atoms with Crippen LogP contribution < -0.4 is 10.0 Å². The number of ketones is 1. The molecule has 0 heterocycles. The first-order valence-electron chi connectivity index (χ1n) is 8.89. The van der Waals surface area contributed by atoms with Crippen molar-refractivity contribution in [2.75, 3.05) is 13.1 Å². The SMILES string of the molecule is CCC(=O)c1cccc(S(=O)(=O)NCCNC2CCCCCC2)c1. The third kappa shape index (κ3) is 5.69. The van der Waals surface area contributed by atoms with Gasteiger partial charge in [-0.2, -0.15) is 0 Å².